The van der Waals surface area contributed by atoms with Crippen LogP contribution in [0.5, 0.6) is 0 Å². The van der Waals surface area contributed by atoms with Crippen molar-refractivity contribution in [1.29, 1.82) is 5.26 Å². The van der Waals surface area contributed by atoms with E-state index >= 15 is 0 Å². The molecule has 18 heavy (non-hydrogen) atoms. The zero-order valence-corrected chi connectivity index (χ0v) is 10.8. The first kappa shape index (κ1) is 12.6. The van der Waals surface area contributed by atoms with E-state index in [4.69, 9.17) is 28.5 Å². The average molecular weight is 275 g/mol. The Morgan fingerprint density at radius 2 is 1.89 bits per heavy atom. The third-order valence-electron chi connectivity index (χ3n) is 2.26. The zero-order chi connectivity index (χ0) is 13.0. The first-order valence-electron chi connectivity index (χ1n) is 5.18. The van der Waals surface area contributed by atoms with Crippen LogP contribution >= 0.6 is 23.2 Å². The van der Waals surface area contributed by atoms with E-state index in [9.17, 15) is 0 Å². The first-order valence-corrected chi connectivity index (χ1v) is 5.94. The van der Waals surface area contributed by atoms with Crippen LogP contribution in [-0.4, -0.2) is 4.98 Å². The Balaban J connectivity index is 2.45. The van der Waals surface area contributed by atoms with Gasteiger partial charge in [0.15, 0.2) is 0 Å². The van der Waals surface area contributed by atoms with Crippen LogP contribution in [0.2, 0.25) is 10.0 Å². The number of nitriles is 1. The number of nitrogens with zero attached hydrogens (tertiary/aromatic N) is 2. The van der Waals surface area contributed by atoms with Crippen molar-refractivity contribution in [3.63, 3.8) is 0 Å². The van der Waals surface area contributed by atoms with Crippen LogP contribution in [0.3, 0.4) is 0 Å². The maximum absolute atomic E-state index is 9.16. The summed E-state index contributed by atoms with van der Waals surface area (Å²) in [5.74, 6) is 0. The average Bonchev–Trinajstić information content (AvgIpc) is 2.36. The molecule has 0 unspecified atom stereocenters. The molecule has 2 rings (SSSR count). The molecule has 0 amide bonds. The van der Waals surface area contributed by atoms with E-state index in [1.165, 1.54) is 0 Å². The molecule has 0 fully saturated rings. The molecule has 0 spiro atoms. The number of allylic oxidation sites excluding steroid dienone is 1. The van der Waals surface area contributed by atoms with Gasteiger partial charge in [0.1, 0.15) is 6.07 Å². The van der Waals surface area contributed by atoms with Gasteiger partial charge in [-0.1, -0.05) is 29.3 Å². The van der Waals surface area contributed by atoms with Gasteiger partial charge in [0.25, 0.3) is 0 Å². The Kier molecular flexibility index (Phi) is 3.99. The van der Waals surface area contributed by atoms with Crippen molar-refractivity contribution in [1.82, 2.24) is 4.98 Å². The fourth-order valence-corrected chi connectivity index (χ4v) is 2.05. The summed E-state index contributed by atoms with van der Waals surface area (Å²) < 4.78 is 0. The molecule has 0 aliphatic heterocycles. The van der Waals surface area contributed by atoms with E-state index in [1.807, 2.05) is 6.07 Å². The van der Waals surface area contributed by atoms with Crippen molar-refractivity contribution in [2.45, 2.75) is 0 Å². The van der Waals surface area contributed by atoms with Crippen molar-refractivity contribution >= 4 is 34.9 Å². The first-order chi connectivity index (χ1) is 8.69. The number of rotatable bonds is 2. The van der Waals surface area contributed by atoms with Crippen LogP contribution in [-0.2, 0) is 0 Å². The maximum atomic E-state index is 9.16. The summed E-state index contributed by atoms with van der Waals surface area (Å²) in [6, 6.07) is 12.7. The molecule has 0 saturated carbocycles. The highest BCUT2D eigenvalue weighted by molar-refractivity contribution is 6.34. The smallest absolute Gasteiger partial charge is 0.101 e. The largest absolute Gasteiger partial charge is 0.256 e. The summed E-state index contributed by atoms with van der Waals surface area (Å²) in [4.78, 5) is 4.13. The summed E-state index contributed by atoms with van der Waals surface area (Å²) >= 11 is 11.8. The second kappa shape index (κ2) is 5.68. The third-order valence-corrected chi connectivity index (χ3v) is 2.69. The Morgan fingerprint density at radius 1 is 1.17 bits per heavy atom. The van der Waals surface area contributed by atoms with Crippen LogP contribution < -0.4 is 0 Å². The molecule has 0 bridgehead atoms. The van der Waals surface area contributed by atoms with Gasteiger partial charge in [-0.2, -0.15) is 5.26 Å². The molecule has 4 heteroatoms. The van der Waals surface area contributed by atoms with E-state index in [0.717, 1.165) is 5.56 Å². The predicted octanol–water partition coefficient (Wildman–Crippen LogP) is 4.45. The molecule has 2 aromatic rings. The highest BCUT2D eigenvalue weighted by Gasteiger charge is 2.03. The van der Waals surface area contributed by atoms with Crippen molar-refractivity contribution in [3.8, 4) is 6.07 Å². The fraction of sp³-hybridized carbons (Fsp3) is 0. The lowest BCUT2D eigenvalue weighted by Crippen LogP contribution is -1.86. The maximum Gasteiger partial charge on any atom is 0.101 e. The van der Waals surface area contributed by atoms with Crippen molar-refractivity contribution < 1.29 is 0 Å². The lowest BCUT2D eigenvalue weighted by atomic mass is 10.1. The molecule has 0 N–H and O–H groups in total. The molecule has 0 aliphatic rings. The minimum absolute atomic E-state index is 0.467. The van der Waals surface area contributed by atoms with Gasteiger partial charge in [0.05, 0.1) is 11.3 Å². The number of hydrogen-bond donors (Lipinski definition) is 0. The normalized spacial score (nSPS) is 11.1. The number of halogens is 2. The van der Waals surface area contributed by atoms with Gasteiger partial charge >= 0.3 is 0 Å². The van der Waals surface area contributed by atoms with Crippen LogP contribution in [0, 0.1) is 11.3 Å². The van der Waals surface area contributed by atoms with Crippen molar-refractivity contribution in [2.24, 2.45) is 0 Å². The molecule has 1 aromatic carbocycles. The molecule has 2 nitrogen and oxygen atoms in total. The van der Waals surface area contributed by atoms with Crippen LogP contribution in [0.15, 0.2) is 42.6 Å². The molecule has 0 radical (unpaired) electrons. The lowest BCUT2D eigenvalue weighted by molar-refractivity contribution is 1.28. The molecular weight excluding hydrogens is 267 g/mol. The van der Waals surface area contributed by atoms with E-state index in [1.54, 1.807) is 42.6 Å². The fourth-order valence-electron chi connectivity index (χ4n) is 1.51. The molecule has 0 atom stereocenters. The topological polar surface area (TPSA) is 36.7 Å². The van der Waals surface area contributed by atoms with Gasteiger partial charge in [-0.3, -0.25) is 4.98 Å². The Labute approximate surface area is 115 Å². The third kappa shape index (κ3) is 3.10. The number of pyridine rings is 1. The molecule has 0 aliphatic carbocycles. The van der Waals surface area contributed by atoms with Gasteiger partial charge in [-0.25, -0.2) is 0 Å². The van der Waals surface area contributed by atoms with Gasteiger partial charge in [-0.05, 0) is 42.0 Å². The monoisotopic (exact) mass is 274 g/mol. The minimum atomic E-state index is 0.467. The Hall–Kier alpha value is -1.82. The van der Waals surface area contributed by atoms with E-state index in [-0.39, 0.29) is 0 Å². The highest BCUT2D eigenvalue weighted by Crippen LogP contribution is 2.22. The zero-order valence-electron chi connectivity index (χ0n) is 9.27. The lowest BCUT2D eigenvalue weighted by Gasteiger charge is -2.00. The van der Waals surface area contributed by atoms with Gasteiger partial charge in [0.2, 0.25) is 0 Å². The standard InChI is InChI=1S/C14H8Cl2N2/c15-12-6-10(7-13(16)8-12)5-11(9-17)14-3-1-2-4-18-14/h1-8H. The summed E-state index contributed by atoms with van der Waals surface area (Å²) in [7, 11) is 0. The molecule has 1 aromatic heterocycles. The second-order valence-electron chi connectivity index (χ2n) is 3.59. The summed E-state index contributed by atoms with van der Waals surface area (Å²) in [6.45, 7) is 0. The molecule has 88 valence electrons. The number of hydrogen-bond acceptors (Lipinski definition) is 2. The molecule has 1 heterocycles. The van der Waals surface area contributed by atoms with E-state index < -0.39 is 0 Å². The highest BCUT2D eigenvalue weighted by atomic mass is 35.5. The summed E-state index contributed by atoms with van der Waals surface area (Å²) in [6.07, 6.45) is 3.35. The van der Waals surface area contributed by atoms with Crippen LogP contribution in [0.1, 0.15) is 11.3 Å². The molecule has 0 saturated heterocycles. The van der Waals surface area contributed by atoms with Gasteiger partial charge in [-0.15, -0.1) is 0 Å². The van der Waals surface area contributed by atoms with E-state index in [2.05, 4.69) is 11.1 Å². The molecular formula is C14H8Cl2N2. The summed E-state index contributed by atoms with van der Waals surface area (Å²) in [5, 5.41) is 10.2. The van der Waals surface area contributed by atoms with Gasteiger partial charge in [0, 0.05) is 16.2 Å². The van der Waals surface area contributed by atoms with E-state index in [0.29, 0.717) is 21.3 Å². The minimum Gasteiger partial charge on any atom is -0.256 e. The van der Waals surface area contributed by atoms with Crippen molar-refractivity contribution in [2.75, 3.05) is 0 Å². The SMILES string of the molecule is N#CC(=Cc1cc(Cl)cc(Cl)c1)c1ccccn1. The quantitative estimate of drug-likeness (QED) is 0.759. The van der Waals surface area contributed by atoms with Crippen LogP contribution in [0.25, 0.3) is 11.6 Å². The summed E-state index contributed by atoms with van der Waals surface area (Å²) in [5.41, 5.74) is 1.86. The Morgan fingerprint density at radius 3 is 2.44 bits per heavy atom. The second-order valence-corrected chi connectivity index (χ2v) is 4.46. The Bertz CT molecular complexity index is 608. The van der Waals surface area contributed by atoms with Crippen LogP contribution in [0.4, 0.5) is 0 Å². The van der Waals surface area contributed by atoms with Gasteiger partial charge < -0.3 is 0 Å². The number of aromatic nitrogens is 1. The van der Waals surface area contributed by atoms with Crippen molar-refractivity contribution in [3.05, 3.63) is 63.9 Å². The number of benzene rings is 1. The predicted molar refractivity (Wildman–Crippen MR) is 74.2 cm³/mol.